The maximum absolute atomic E-state index is 12.9. The molecule has 0 heterocycles. The van der Waals surface area contributed by atoms with Crippen LogP contribution in [0, 0.1) is 0 Å². The van der Waals surface area contributed by atoms with Gasteiger partial charge in [0.05, 0.1) is 0 Å². The highest BCUT2D eigenvalue weighted by atomic mass is 79.9. The molecule has 2 N–H and O–H groups in total. The Morgan fingerprint density at radius 2 is 1.53 bits per heavy atom. The van der Waals surface area contributed by atoms with Crippen LogP contribution in [0.5, 0.6) is 0 Å². The first kappa shape index (κ1) is 16.6. The van der Waals surface area contributed by atoms with Crippen molar-refractivity contribution in [2.45, 2.75) is 18.1 Å². The van der Waals surface area contributed by atoms with Crippen LogP contribution in [0.3, 0.4) is 0 Å². The van der Waals surface area contributed by atoms with E-state index in [1.54, 1.807) is 0 Å². The standard InChI is InChI=1S/C9H7BrF5N.ClH/c10-6-4-2-1-3-5(6)7(16)8(11,12)9(13,14)15;/h1-4,7H,16H2;1H/t7-;/m0./s1. The lowest BCUT2D eigenvalue weighted by atomic mass is 10.0. The van der Waals surface area contributed by atoms with Gasteiger partial charge in [0.25, 0.3) is 0 Å². The zero-order valence-electron chi connectivity index (χ0n) is 8.14. The minimum Gasteiger partial charge on any atom is -0.319 e. The maximum atomic E-state index is 12.9. The lowest BCUT2D eigenvalue weighted by Crippen LogP contribution is -2.45. The zero-order valence-corrected chi connectivity index (χ0v) is 10.5. The van der Waals surface area contributed by atoms with Crippen LogP contribution in [-0.4, -0.2) is 12.1 Å². The summed E-state index contributed by atoms with van der Waals surface area (Å²) < 4.78 is 62.1. The predicted octanol–water partition coefficient (Wildman–Crippen LogP) is 4.07. The fourth-order valence-electron chi connectivity index (χ4n) is 1.10. The topological polar surface area (TPSA) is 26.0 Å². The second-order valence-corrected chi connectivity index (χ2v) is 3.97. The van der Waals surface area contributed by atoms with E-state index in [-0.39, 0.29) is 22.4 Å². The van der Waals surface area contributed by atoms with Gasteiger partial charge in [-0.15, -0.1) is 12.4 Å². The molecule has 0 saturated heterocycles. The zero-order chi connectivity index (χ0) is 12.6. The largest absolute Gasteiger partial charge is 0.455 e. The van der Waals surface area contributed by atoms with Gasteiger partial charge in [-0.25, -0.2) is 0 Å². The average molecular weight is 341 g/mol. The van der Waals surface area contributed by atoms with Crippen molar-refractivity contribution < 1.29 is 22.0 Å². The summed E-state index contributed by atoms with van der Waals surface area (Å²) in [6.07, 6.45) is -5.66. The van der Waals surface area contributed by atoms with Gasteiger partial charge in [-0.05, 0) is 11.6 Å². The van der Waals surface area contributed by atoms with Crippen molar-refractivity contribution in [3.63, 3.8) is 0 Å². The highest BCUT2D eigenvalue weighted by Crippen LogP contribution is 2.44. The van der Waals surface area contributed by atoms with E-state index in [2.05, 4.69) is 15.9 Å². The fraction of sp³-hybridized carbons (Fsp3) is 0.333. The van der Waals surface area contributed by atoms with Crippen molar-refractivity contribution in [2.75, 3.05) is 0 Å². The number of hydrogen-bond donors (Lipinski definition) is 1. The van der Waals surface area contributed by atoms with Crippen molar-refractivity contribution in [1.82, 2.24) is 0 Å². The number of nitrogens with two attached hydrogens (primary N) is 1. The van der Waals surface area contributed by atoms with Crippen molar-refractivity contribution in [3.05, 3.63) is 34.3 Å². The molecule has 0 radical (unpaired) electrons. The SMILES string of the molecule is Cl.N[C@@H](c1ccccc1Br)C(F)(F)C(F)(F)F. The molecule has 0 bridgehead atoms. The minimum absolute atomic E-state index is 0. The molecule has 1 aromatic rings. The quantitative estimate of drug-likeness (QED) is 0.807. The van der Waals surface area contributed by atoms with E-state index in [0.717, 1.165) is 6.07 Å². The molecule has 98 valence electrons. The maximum Gasteiger partial charge on any atom is 0.455 e. The predicted molar refractivity (Wildman–Crippen MR) is 59.3 cm³/mol. The molecule has 1 aromatic carbocycles. The average Bonchev–Trinajstić information content (AvgIpc) is 2.15. The van der Waals surface area contributed by atoms with Crippen LogP contribution < -0.4 is 5.73 Å². The molecule has 0 aliphatic heterocycles. The van der Waals surface area contributed by atoms with Crippen LogP contribution in [-0.2, 0) is 0 Å². The molecular formula is C9H8BrClF5N. The van der Waals surface area contributed by atoms with Gasteiger partial charge in [0, 0.05) is 4.47 Å². The van der Waals surface area contributed by atoms with E-state index in [1.807, 2.05) is 0 Å². The summed E-state index contributed by atoms with van der Waals surface area (Å²) in [5.41, 5.74) is 4.67. The van der Waals surface area contributed by atoms with Gasteiger partial charge in [0.15, 0.2) is 0 Å². The van der Waals surface area contributed by atoms with Gasteiger partial charge >= 0.3 is 12.1 Å². The van der Waals surface area contributed by atoms with Crippen LogP contribution in [0.25, 0.3) is 0 Å². The summed E-state index contributed by atoms with van der Waals surface area (Å²) in [5.74, 6) is -4.96. The monoisotopic (exact) mass is 339 g/mol. The summed E-state index contributed by atoms with van der Waals surface area (Å²) in [4.78, 5) is 0. The number of benzene rings is 1. The second-order valence-electron chi connectivity index (χ2n) is 3.12. The number of alkyl halides is 5. The molecular weight excluding hydrogens is 332 g/mol. The Labute approximate surface area is 109 Å². The van der Waals surface area contributed by atoms with Crippen LogP contribution >= 0.6 is 28.3 Å². The second kappa shape index (κ2) is 5.49. The Morgan fingerprint density at radius 3 is 1.94 bits per heavy atom. The third kappa shape index (κ3) is 3.29. The Balaban J connectivity index is 0.00000256. The molecule has 0 spiro atoms. The summed E-state index contributed by atoms with van der Waals surface area (Å²) in [6, 6.07) is 2.87. The number of rotatable bonds is 2. The molecule has 0 fully saturated rings. The fourth-order valence-corrected chi connectivity index (χ4v) is 1.63. The van der Waals surface area contributed by atoms with Crippen molar-refractivity contribution in [2.24, 2.45) is 5.73 Å². The van der Waals surface area contributed by atoms with Crippen molar-refractivity contribution >= 4 is 28.3 Å². The molecule has 0 unspecified atom stereocenters. The van der Waals surface area contributed by atoms with E-state index in [4.69, 9.17) is 5.73 Å². The number of hydrogen-bond acceptors (Lipinski definition) is 1. The Hall–Kier alpha value is -0.400. The first-order valence-electron chi connectivity index (χ1n) is 4.12. The van der Waals surface area contributed by atoms with E-state index in [1.165, 1.54) is 18.2 Å². The van der Waals surface area contributed by atoms with Gasteiger partial charge in [-0.2, -0.15) is 22.0 Å². The molecule has 0 saturated carbocycles. The lowest BCUT2D eigenvalue weighted by Gasteiger charge is -2.26. The van der Waals surface area contributed by atoms with Gasteiger partial charge in [0.2, 0.25) is 0 Å². The molecule has 0 aromatic heterocycles. The van der Waals surface area contributed by atoms with Crippen LogP contribution in [0.15, 0.2) is 28.7 Å². The van der Waals surface area contributed by atoms with Gasteiger partial charge < -0.3 is 5.73 Å². The summed E-state index contributed by atoms with van der Waals surface area (Å²) in [7, 11) is 0. The first-order chi connectivity index (χ1) is 7.18. The van der Waals surface area contributed by atoms with E-state index >= 15 is 0 Å². The summed E-state index contributed by atoms with van der Waals surface area (Å²) >= 11 is 2.88. The van der Waals surface area contributed by atoms with Crippen LogP contribution in [0.1, 0.15) is 11.6 Å². The van der Waals surface area contributed by atoms with Gasteiger partial charge in [-0.1, -0.05) is 34.1 Å². The van der Waals surface area contributed by atoms with Crippen molar-refractivity contribution in [3.8, 4) is 0 Å². The molecule has 17 heavy (non-hydrogen) atoms. The Kier molecular flexibility index (Phi) is 5.37. The molecule has 0 aliphatic carbocycles. The van der Waals surface area contributed by atoms with E-state index in [0.29, 0.717) is 0 Å². The first-order valence-corrected chi connectivity index (χ1v) is 4.91. The molecule has 1 nitrogen and oxygen atoms in total. The molecule has 0 aliphatic rings. The van der Waals surface area contributed by atoms with E-state index in [9.17, 15) is 22.0 Å². The number of halogens is 7. The van der Waals surface area contributed by atoms with Crippen LogP contribution in [0.4, 0.5) is 22.0 Å². The summed E-state index contributed by atoms with van der Waals surface area (Å²) in [6.45, 7) is 0. The van der Waals surface area contributed by atoms with Gasteiger partial charge in [0.1, 0.15) is 6.04 Å². The van der Waals surface area contributed by atoms with Gasteiger partial charge in [-0.3, -0.25) is 0 Å². The smallest absolute Gasteiger partial charge is 0.319 e. The normalized spacial score (nSPS) is 14.1. The molecule has 1 rings (SSSR count). The molecule has 1 atom stereocenters. The highest BCUT2D eigenvalue weighted by Gasteiger charge is 2.61. The van der Waals surface area contributed by atoms with E-state index < -0.39 is 18.1 Å². The van der Waals surface area contributed by atoms with Crippen LogP contribution in [0.2, 0.25) is 0 Å². The molecule has 8 heteroatoms. The third-order valence-corrected chi connectivity index (χ3v) is 2.73. The Bertz CT molecular complexity index is 382. The lowest BCUT2D eigenvalue weighted by molar-refractivity contribution is -0.291. The highest BCUT2D eigenvalue weighted by molar-refractivity contribution is 9.10. The van der Waals surface area contributed by atoms with Crippen molar-refractivity contribution in [1.29, 1.82) is 0 Å². The molecule has 0 amide bonds. The minimum atomic E-state index is -5.66. The summed E-state index contributed by atoms with van der Waals surface area (Å²) in [5, 5.41) is 0. The Morgan fingerprint density at radius 1 is 1.06 bits per heavy atom. The third-order valence-electron chi connectivity index (χ3n) is 2.01.